The van der Waals surface area contributed by atoms with Gasteiger partial charge in [-0.1, -0.05) is 0 Å². The van der Waals surface area contributed by atoms with E-state index in [-0.39, 0.29) is 6.10 Å². The summed E-state index contributed by atoms with van der Waals surface area (Å²) in [5.74, 6) is 1.32. The van der Waals surface area contributed by atoms with Crippen LogP contribution in [0.15, 0.2) is 24.7 Å². The number of anilines is 1. The number of likely N-dealkylation sites (tertiary alicyclic amines) is 1. The lowest BCUT2D eigenvalue weighted by Gasteiger charge is -2.33. The second-order valence-corrected chi connectivity index (χ2v) is 7.38. The third kappa shape index (κ3) is 3.52. The summed E-state index contributed by atoms with van der Waals surface area (Å²) >= 11 is 0. The van der Waals surface area contributed by atoms with Crippen molar-refractivity contribution in [3.63, 3.8) is 0 Å². The van der Waals surface area contributed by atoms with E-state index >= 15 is 0 Å². The number of nitrogens with zero attached hydrogens (tertiary/aromatic N) is 6. The first kappa shape index (κ1) is 16.5. The first-order valence-corrected chi connectivity index (χ1v) is 8.94. The van der Waals surface area contributed by atoms with Gasteiger partial charge in [-0.2, -0.15) is 5.10 Å². The molecule has 7 heteroatoms. The molecule has 0 aromatic carbocycles. The minimum absolute atomic E-state index is 0.0926. The van der Waals surface area contributed by atoms with Crippen molar-refractivity contribution >= 4 is 5.95 Å². The Morgan fingerprint density at radius 2 is 2.24 bits per heavy atom. The Morgan fingerprint density at radius 1 is 1.36 bits per heavy atom. The topological polar surface area (TPSA) is 59.3 Å². The molecule has 0 spiro atoms. The van der Waals surface area contributed by atoms with Gasteiger partial charge in [-0.25, -0.2) is 9.97 Å². The van der Waals surface area contributed by atoms with Gasteiger partial charge < -0.3 is 9.64 Å². The van der Waals surface area contributed by atoms with Crippen molar-refractivity contribution in [1.82, 2.24) is 24.6 Å². The van der Waals surface area contributed by atoms with Gasteiger partial charge in [0.25, 0.3) is 0 Å². The van der Waals surface area contributed by atoms with Crippen molar-refractivity contribution in [2.75, 3.05) is 32.1 Å². The molecule has 134 valence electrons. The van der Waals surface area contributed by atoms with Gasteiger partial charge in [0, 0.05) is 64.7 Å². The Bertz CT molecular complexity index is 730. The van der Waals surface area contributed by atoms with Gasteiger partial charge in [0.1, 0.15) is 6.10 Å². The predicted molar refractivity (Wildman–Crippen MR) is 95.2 cm³/mol. The fraction of sp³-hybridized carbons (Fsp3) is 0.611. The highest BCUT2D eigenvalue weighted by Gasteiger charge is 2.40. The molecule has 2 aromatic heterocycles. The van der Waals surface area contributed by atoms with Crippen LogP contribution >= 0.6 is 0 Å². The van der Waals surface area contributed by atoms with E-state index in [1.165, 1.54) is 5.56 Å². The second kappa shape index (κ2) is 6.72. The lowest BCUT2D eigenvalue weighted by molar-refractivity contribution is -0.00227. The summed E-state index contributed by atoms with van der Waals surface area (Å²) in [5, 5.41) is 4.27. The molecule has 3 atom stereocenters. The molecule has 2 aromatic rings. The number of hydrogen-bond acceptors (Lipinski definition) is 6. The Morgan fingerprint density at radius 3 is 3.00 bits per heavy atom. The molecule has 0 amide bonds. The third-order valence-corrected chi connectivity index (χ3v) is 5.16. The summed E-state index contributed by atoms with van der Waals surface area (Å²) in [7, 11) is 5.89. The largest absolute Gasteiger partial charge is 0.368 e. The highest BCUT2D eigenvalue weighted by molar-refractivity contribution is 5.28. The fourth-order valence-corrected chi connectivity index (χ4v) is 3.94. The highest BCUT2D eigenvalue weighted by Crippen LogP contribution is 2.40. The molecule has 4 heterocycles. The van der Waals surface area contributed by atoms with Crippen molar-refractivity contribution in [3.05, 3.63) is 35.9 Å². The molecular weight excluding hydrogens is 316 g/mol. The van der Waals surface area contributed by atoms with Crippen molar-refractivity contribution in [2.24, 2.45) is 13.0 Å². The average Bonchev–Trinajstić information content (AvgIpc) is 3.20. The molecule has 0 saturated carbocycles. The van der Waals surface area contributed by atoms with Crippen LogP contribution in [0, 0.1) is 5.92 Å². The Hall–Kier alpha value is -1.99. The van der Waals surface area contributed by atoms with E-state index in [2.05, 4.69) is 26.2 Å². The van der Waals surface area contributed by atoms with E-state index in [0.717, 1.165) is 44.1 Å². The number of ether oxygens (including phenoxy) is 1. The van der Waals surface area contributed by atoms with Gasteiger partial charge in [0.15, 0.2) is 0 Å². The van der Waals surface area contributed by atoms with Gasteiger partial charge in [-0.15, -0.1) is 0 Å². The third-order valence-electron chi connectivity index (χ3n) is 5.16. The summed E-state index contributed by atoms with van der Waals surface area (Å²) in [6.07, 6.45) is 8.47. The van der Waals surface area contributed by atoms with Gasteiger partial charge in [0.05, 0.1) is 18.0 Å². The minimum Gasteiger partial charge on any atom is -0.368 e. The lowest BCUT2D eigenvalue weighted by Crippen LogP contribution is -2.40. The quantitative estimate of drug-likeness (QED) is 0.842. The van der Waals surface area contributed by atoms with E-state index in [1.807, 2.05) is 49.2 Å². The standard InChI is InChI=1S/C18H26N6O/c1-22(2)18-19-6-4-15(21-18)17-8-14-12-24(7-5-16(14)25-17)11-13-9-20-23(3)10-13/h4,6,9-10,14,16-17H,5,7-8,11-12H2,1-3H3/t14-,16-,17+/m1/s1. The summed E-state index contributed by atoms with van der Waals surface area (Å²) in [4.78, 5) is 13.4. The van der Waals surface area contributed by atoms with Crippen molar-refractivity contribution < 1.29 is 4.74 Å². The highest BCUT2D eigenvalue weighted by atomic mass is 16.5. The van der Waals surface area contributed by atoms with Crippen LogP contribution in [0.25, 0.3) is 0 Å². The summed E-state index contributed by atoms with van der Waals surface area (Å²) in [6.45, 7) is 3.14. The van der Waals surface area contributed by atoms with Crippen LogP contribution in [-0.2, 0) is 18.3 Å². The minimum atomic E-state index is 0.0926. The Kier molecular flexibility index (Phi) is 4.43. The van der Waals surface area contributed by atoms with Crippen LogP contribution in [0.1, 0.15) is 30.2 Å². The van der Waals surface area contributed by atoms with Crippen molar-refractivity contribution in [3.8, 4) is 0 Å². The first-order chi connectivity index (χ1) is 12.1. The molecule has 0 radical (unpaired) electrons. The first-order valence-electron chi connectivity index (χ1n) is 8.94. The monoisotopic (exact) mass is 342 g/mol. The Labute approximate surface area is 148 Å². The molecule has 0 aliphatic carbocycles. The number of hydrogen-bond donors (Lipinski definition) is 0. The molecule has 2 aliphatic heterocycles. The SMILES string of the molecule is CN(C)c1nccc([C@@H]2C[C@@H]3CN(Cc4cnn(C)c4)CC[C@H]3O2)n1. The fourth-order valence-electron chi connectivity index (χ4n) is 3.94. The molecular formula is C18H26N6O. The zero-order valence-corrected chi connectivity index (χ0v) is 15.2. The van der Waals surface area contributed by atoms with Crippen molar-refractivity contribution in [2.45, 2.75) is 31.6 Å². The number of aryl methyl sites for hydroxylation is 1. The normalized spacial score (nSPS) is 26.6. The van der Waals surface area contributed by atoms with Gasteiger partial charge in [-0.05, 0) is 18.9 Å². The zero-order chi connectivity index (χ0) is 17.4. The van der Waals surface area contributed by atoms with E-state index in [4.69, 9.17) is 4.74 Å². The second-order valence-electron chi connectivity index (χ2n) is 7.38. The van der Waals surface area contributed by atoms with Gasteiger partial charge >= 0.3 is 0 Å². The molecule has 0 N–H and O–H groups in total. The number of fused-ring (bicyclic) bond motifs is 1. The lowest BCUT2D eigenvalue weighted by atomic mass is 9.92. The molecule has 2 saturated heterocycles. The summed E-state index contributed by atoms with van der Waals surface area (Å²) in [6, 6.07) is 1.99. The molecule has 4 rings (SSSR count). The summed E-state index contributed by atoms with van der Waals surface area (Å²) < 4.78 is 8.21. The molecule has 2 aliphatic rings. The van der Waals surface area contributed by atoms with E-state index in [9.17, 15) is 0 Å². The van der Waals surface area contributed by atoms with Gasteiger partial charge in [-0.3, -0.25) is 9.58 Å². The van der Waals surface area contributed by atoms with Crippen LogP contribution in [0.4, 0.5) is 5.95 Å². The molecule has 7 nitrogen and oxygen atoms in total. The van der Waals surface area contributed by atoms with E-state index in [1.54, 1.807) is 0 Å². The van der Waals surface area contributed by atoms with Crippen LogP contribution in [0.2, 0.25) is 0 Å². The van der Waals surface area contributed by atoms with Crippen molar-refractivity contribution in [1.29, 1.82) is 0 Å². The van der Waals surface area contributed by atoms with E-state index in [0.29, 0.717) is 12.0 Å². The number of aromatic nitrogens is 4. The van der Waals surface area contributed by atoms with Crippen LogP contribution in [0.3, 0.4) is 0 Å². The zero-order valence-electron chi connectivity index (χ0n) is 15.2. The molecule has 25 heavy (non-hydrogen) atoms. The Balaban J connectivity index is 1.40. The number of rotatable bonds is 4. The summed E-state index contributed by atoms with van der Waals surface area (Å²) in [5.41, 5.74) is 2.29. The van der Waals surface area contributed by atoms with Crippen LogP contribution < -0.4 is 4.90 Å². The maximum atomic E-state index is 6.34. The maximum absolute atomic E-state index is 6.34. The predicted octanol–water partition coefficient (Wildman–Crippen LogP) is 1.63. The molecule has 2 fully saturated rings. The average molecular weight is 342 g/mol. The molecule has 0 bridgehead atoms. The number of piperidine rings is 1. The van der Waals surface area contributed by atoms with Gasteiger partial charge in [0.2, 0.25) is 5.95 Å². The molecule has 0 unspecified atom stereocenters. The maximum Gasteiger partial charge on any atom is 0.225 e. The smallest absolute Gasteiger partial charge is 0.225 e. The van der Waals surface area contributed by atoms with E-state index < -0.39 is 0 Å². The van der Waals surface area contributed by atoms with Crippen LogP contribution in [-0.4, -0.2) is 57.9 Å². The van der Waals surface area contributed by atoms with Crippen LogP contribution in [0.5, 0.6) is 0 Å².